The fourth-order valence-corrected chi connectivity index (χ4v) is 1.31. The lowest BCUT2D eigenvalue weighted by Gasteiger charge is -2.10. The zero-order valence-corrected chi connectivity index (χ0v) is 10.3. The molecule has 0 spiro atoms. The van der Waals surface area contributed by atoms with Crippen LogP contribution in [0.2, 0.25) is 0 Å². The summed E-state index contributed by atoms with van der Waals surface area (Å²) < 4.78 is 5.34. The van der Waals surface area contributed by atoms with E-state index in [9.17, 15) is 4.79 Å². The molecule has 4 heteroatoms. The smallest absolute Gasteiger partial charge is 0.228 e. The van der Waals surface area contributed by atoms with Crippen molar-refractivity contribution in [3.63, 3.8) is 0 Å². The van der Waals surface area contributed by atoms with Gasteiger partial charge in [-0.3, -0.25) is 4.79 Å². The van der Waals surface area contributed by atoms with Crippen LogP contribution in [0.25, 0.3) is 0 Å². The molecule has 0 bridgehead atoms. The highest BCUT2D eigenvalue weighted by molar-refractivity contribution is 6.19. The molecule has 88 valence electrons. The van der Waals surface area contributed by atoms with E-state index in [2.05, 4.69) is 5.32 Å². The van der Waals surface area contributed by atoms with Crippen molar-refractivity contribution in [2.75, 3.05) is 17.8 Å². The summed E-state index contributed by atoms with van der Waals surface area (Å²) in [5, 5.41) is 2.79. The Morgan fingerprint density at radius 2 is 2.31 bits per heavy atom. The Labute approximate surface area is 101 Å². The Kier molecular flexibility index (Phi) is 5.12. The lowest BCUT2D eigenvalue weighted by Crippen LogP contribution is -2.21. The molecule has 0 fully saturated rings. The van der Waals surface area contributed by atoms with Crippen molar-refractivity contribution in [2.45, 2.75) is 13.8 Å². The quantitative estimate of drug-likeness (QED) is 0.805. The normalized spacial score (nSPS) is 11.9. The number of carbonyl (C=O) groups is 1. The molecule has 0 radical (unpaired) electrons. The van der Waals surface area contributed by atoms with Crippen molar-refractivity contribution < 1.29 is 9.53 Å². The van der Waals surface area contributed by atoms with Gasteiger partial charge >= 0.3 is 0 Å². The van der Waals surface area contributed by atoms with E-state index >= 15 is 0 Å². The molecule has 3 nitrogen and oxygen atoms in total. The SMILES string of the molecule is CCOc1cccc(NC(=O)C(C)CCl)c1. The van der Waals surface area contributed by atoms with Crippen molar-refractivity contribution in [1.29, 1.82) is 0 Å². The summed E-state index contributed by atoms with van der Waals surface area (Å²) in [7, 11) is 0. The Bertz CT molecular complexity index is 355. The highest BCUT2D eigenvalue weighted by Crippen LogP contribution is 2.18. The second kappa shape index (κ2) is 6.38. The van der Waals surface area contributed by atoms with Gasteiger partial charge in [0.05, 0.1) is 6.61 Å². The summed E-state index contributed by atoms with van der Waals surface area (Å²) >= 11 is 5.61. The van der Waals surface area contributed by atoms with Gasteiger partial charge < -0.3 is 10.1 Å². The van der Waals surface area contributed by atoms with Gasteiger partial charge in [-0.1, -0.05) is 13.0 Å². The minimum Gasteiger partial charge on any atom is -0.494 e. The van der Waals surface area contributed by atoms with Crippen LogP contribution in [0.4, 0.5) is 5.69 Å². The Morgan fingerprint density at radius 3 is 2.94 bits per heavy atom. The van der Waals surface area contributed by atoms with Crippen LogP contribution in [0.3, 0.4) is 0 Å². The molecular weight excluding hydrogens is 226 g/mol. The molecule has 1 aromatic rings. The molecule has 1 rings (SSSR count). The Balaban J connectivity index is 2.66. The van der Waals surface area contributed by atoms with Gasteiger partial charge in [0.15, 0.2) is 0 Å². The monoisotopic (exact) mass is 241 g/mol. The number of nitrogens with one attached hydrogen (secondary N) is 1. The first-order valence-electron chi connectivity index (χ1n) is 5.27. The molecule has 0 aliphatic rings. The zero-order valence-electron chi connectivity index (χ0n) is 9.50. The summed E-state index contributed by atoms with van der Waals surface area (Å²) in [5.74, 6) is 0.789. The highest BCUT2D eigenvalue weighted by Gasteiger charge is 2.11. The first-order valence-corrected chi connectivity index (χ1v) is 5.80. The summed E-state index contributed by atoms with van der Waals surface area (Å²) in [4.78, 5) is 11.6. The summed E-state index contributed by atoms with van der Waals surface area (Å²) in [5.41, 5.74) is 0.730. The molecule has 1 atom stereocenters. The van der Waals surface area contributed by atoms with Crippen molar-refractivity contribution in [3.05, 3.63) is 24.3 Å². The molecule has 0 saturated heterocycles. The van der Waals surface area contributed by atoms with Crippen LogP contribution in [-0.2, 0) is 4.79 Å². The molecule has 0 saturated carbocycles. The summed E-state index contributed by atoms with van der Waals surface area (Å²) in [6.07, 6.45) is 0. The molecule has 1 N–H and O–H groups in total. The van der Waals surface area contributed by atoms with Crippen LogP contribution < -0.4 is 10.1 Å². The van der Waals surface area contributed by atoms with Gasteiger partial charge in [-0.25, -0.2) is 0 Å². The zero-order chi connectivity index (χ0) is 12.0. The molecule has 0 aromatic heterocycles. The molecule has 0 aliphatic heterocycles. The maximum Gasteiger partial charge on any atom is 0.228 e. The van der Waals surface area contributed by atoms with Crippen molar-refractivity contribution in [3.8, 4) is 5.75 Å². The van der Waals surface area contributed by atoms with Gasteiger partial charge in [0.25, 0.3) is 0 Å². The molecule has 1 amide bonds. The molecule has 0 aliphatic carbocycles. The number of anilines is 1. The summed E-state index contributed by atoms with van der Waals surface area (Å²) in [6.45, 7) is 4.31. The number of benzene rings is 1. The van der Waals surface area contributed by atoms with E-state index < -0.39 is 0 Å². The number of rotatable bonds is 5. The van der Waals surface area contributed by atoms with Crippen LogP contribution in [0.15, 0.2) is 24.3 Å². The largest absolute Gasteiger partial charge is 0.494 e. The number of hydrogen-bond donors (Lipinski definition) is 1. The van der Waals surface area contributed by atoms with Crippen LogP contribution >= 0.6 is 11.6 Å². The van der Waals surface area contributed by atoms with Crippen molar-refractivity contribution in [1.82, 2.24) is 0 Å². The van der Waals surface area contributed by atoms with Gasteiger partial charge in [0.1, 0.15) is 5.75 Å². The minimum absolute atomic E-state index is 0.0800. The topological polar surface area (TPSA) is 38.3 Å². The van der Waals surface area contributed by atoms with E-state index in [1.165, 1.54) is 0 Å². The number of carbonyl (C=O) groups excluding carboxylic acids is 1. The fourth-order valence-electron chi connectivity index (χ4n) is 1.17. The van der Waals surface area contributed by atoms with E-state index in [1.807, 2.05) is 25.1 Å². The van der Waals surface area contributed by atoms with Crippen LogP contribution in [0.1, 0.15) is 13.8 Å². The van der Waals surface area contributed by atoms with E-state index in [4.69, 9.17) is 16.3 Å². The average molecular weight is 242 g/mol. The third-order valence-corrected chi connectivity index (χ3v) is 2.55. The average Bonchev–Trinajstić information content (AvgIpc) is 2.29. The number of halogens is 1. The van der Waals surface area contributed by atoms with Crippen LogP contribution in [0.5, 0.6) is 5.75 Å². The summed E-state index contributed by atoms with van der Waals surface area (Å²) in [6, 6.07) is 7.31. The molecule has 0 heterocycles. The van der Waals surface area contributed by atoms with Crippen molar-refractivity contribution in [2.24, 2.45) is 5.92 Å². The van der Waals surface area contributed by atoms with Gasteiger partial charge in [0.2, 0.25) is 5.91 Å². The second-order valence-corrected chi connectivity index (χ2v) is 3.81. The highest BCUT2D eigenvalue weighted by atomic mass is 35.5. The van der Waals surface area contributed by atoms with Crippen molar-refractivity contribution >= 4 is 23.2 Å². The maximum atomic E-state index is 11.6. The molecule has 16 heavy (non-hydrogen) atoms. The fraction of sp³-hybridized carbons (Fsp3) is 0.417. The Hall–Kier alpha value is -1.22. The minimum atomic E-state index is -0.197. The third kappa shape index (κ3) is 3.74. The molecule has 1 unspecified atom stereocenters. The number of hydrogen-bond acceptors (Lipinski definition) is 2. The van der Waals surface area contributed by atoms with Gasteiger partial charge in [0, 0.05) is 23.6 Å². The first kappa shape index (κ1) is 12.8. The Morgan fingerprint density at radius 1 is 1.56 bits per heavy atom. The molecule has 1 aromatic carbocycles. The predicted molar refractivity (Wildman–Crippen MR) is 66.1 cm³/mol. The number of ether oxygens (including phenoxy) is 1. The van der Waals surface area contributed by atoms with Crippen LogP contribution in [-0.4, -0.2) is 18.4 Å². The first-order chi connectivity index (χ1) is 7.67. The van der Waals surface area contributed by atoms with Gasteiger partial charge in [-0.05, 0) is 19.1 Å². The van der Waals surface area contributed by atoms with E-state index in [-0.39, 0.29) is 11.8 Å². The molecular formula is C12H16ClNO2. The third-order valence-electron chi connectivity index (χ3n) is 2.09. The lowest BCUT2D eigenvalue weighted by atomic mass is 10.2. The number of alkyl halides is 1. The van der Waals surface area contributed by atoms with E-state index in [0.717, 1.165) is 11.4 Å². The van der Waals surface area contributed by atoms with Gasteiger partial charge in [-0.15, -0.1) is 11.6 Å². The maximum absolute atomic E-state index is 11.6. The standard InChI is InChI=1S/C12H16ClNO2/c1-3-16-11-6-4-5-10(7-11)14-12(15)9(2)8-13/h4-7,9H,3,8H2,1-2H3,(H,14,15). The van der Waals surface area contributed by atoms with Gasteiger partial charge in [-0.2, -0.15) is 0 Å². The second-order valence-electron chi connectivity index (χ2n) is 3.51. The lowest BCUT2D eigenvalue weighted by molar-refractivity contribution is -0.118. The van der Waals surface area contributed by atoms with E-state index in [1.54, 1.807) is 13.0 Å². The number of amides is 1. The predicted octanol–water partition coefficient (Wildman–Crippen LogP) is 2.90. The van der Waals surface area contributed by atoms with Crippen LogP contribution in [0, 0.1) is 5.92 Å². The van der Waals surface area contributed by atoms with E-state index in [0.29, 0.717) is 12.5 Å².